The summed E-state index contributed by atoms with van der Waals surface area (Å²) in [5, 5.41) is 1.74. The first-order valence-corrected chi connectivity index (χ1v) is 15.4. The summed E-state index contributed by atoms with van der Waals surface area (Å²) in [6, 6.07) is 9.47. The predicted molar refractivity (Wildman–Crippen MR) is 146 cm³/mol. The summed E-state index contributed by atoms with van der Waals surface area (Å²) in [4.78, 5) is 0.0416. The minimum atomic E-state index is -4.24. The van der Waals surface area contributed by atoms with Gasteiger partial charge in [0.1, 0.15) is 4.90 Å². The van der Waals surface area contributed by atoms with Crippen molar-refractivity contribution in [1.82, 2.24) is 0 Å². The van der Waals surface area contributed by atoms with Crippen molar-refractivity contribution >= 4 is 20.9 Å². The molecule has 1 N–H and O–H groups in total. The van der Waals surface area contributed by atoms with Crippen LogP contribution in [0.4, 0.5) is 0 Å². The van der Waals surface area contributed by atoms with Gasteiger partial charge in [-0.15, -0.1) is 0 Å². The molecule has 192 valence electrons. The summed E-state index contributed by atoms with van der Waals surface area (Å²) in [6.45, 7) is 4.50. The maximum Gasteiger partial charge on any atom is 0.295 e. The Balaban J connectivity index is 2.03. The predicted octanol–water partition coefficient (Wildman–Crippen LogP) is 9.45. The molecule has 0 aromatic heterocycles. The van der Waals surface area contributed by atoms with E-state index in [1.165, 1.54) is 101 Å². The first-order chi connectivity index (χ1) is 16.5. The fourth-order valence-corrected chi connectivity index (χ4v) is 5.76. The number of rotatable bonds is 19. The highest BCUT2D eigenvalue weighted by molar-refractivity contribution is 7.86. The zero-order valence-corrected chi connectivity index (χ0v) is 22.6. The van der Waals surface area contributed by atoms with Crippen LogP contribution < -0.4 is 0 Å². The van der Waals surface area contributed by atoms with Crippen molar-refractivity contribution < 1.29 is 13.0 Å². The number of unbranched alkanes of at least 4 members (excludes halogenated alkanes) is 14. The molecule has 0 atom stereocenters. The lowest BCUT2D eigenvalue weighted by atomic mass is 9.93. The van der Waals surface area contributed by atoms with E-state index < -0.39 is 10.1 Å². The standard InChI is InChI=1S/C30H48O3S/c1-3-5-7-9-11-13-15-17-20-26-22-19-23-28-29(34(31,32)33)25-24-27(30(26)28)21-18-16-14-12-10-8-6-4-2/h19,22-25H,3-18,20-21H2,1-2H3,(H,31,32,33). The van der Waals surface area contributed by atoms with Gasteiger partial charge < -0.3 is 0 Å². The maximum atomic E-state index is 12.0. The molecule has 0 bridgehead atoms. The quantitative estimate of drug-likeness (QED) is 0.158. The lowest BCUT2D eigenvalue weighted by molar-refractivity contribution is 0.484. The van der Waals surface area contributed by atoms with E-state index in [9.17, 15) is 13.0 Å². The van der Waals surface area contributed by atoms with E-state index in [-0.39, 0.29) is 4.90 Å². The Morgan fingerprint density at radius 3 is 1.50 bits per heavy atom. The summed E-state index contributed by atoms with van der Waals surface area (Å²) in [6.07, 6.45) is 22.4. The Hall–Kier alpha value is -1.39. The van der Waals surface area contributed by atoms with Crippen LogP contribution in [0.2, 0.25) is 0 Å². The Morgan fingerprint density at radius 2 is 1.03 bits per heavy atom. The molecule has 0 saturated heterocycles. The second kappa shape index (κ2) is 16.3. The van der Waals surface area contributed by atoms with Crippen molar-refractivity contribution in [3.8, 4) is 0 Å². The molecular weight excluding hydrogens is 440 g/mol. The van der Waals surface area contributed by atoms with Gasteiger partial charge in [-0.2, -0.15) is 8.42 Å². The highest BCUT2D eigenvalue weighted by Gasteiger charge is 2.17. The fraction of sp³-hybridized carbons (Fsp3) is 0.667. The second-order valence-electron chi connectivity index (χ2n) is 9.99. The molecule has 0 aliphatic rings. The van der Waals surface area contributed by atoms with Gasteiger partial charge in [0.15, 0.2) is 0 Å². The molecule has 0 unspecified atom stereocenters. The summed E-state index contributed by atoms with van der Waals surface area (Å²) in [5.74, 6) is 0. The number of benzene rings is 2. The molecule has 0 saturated carbocycles. The van der Waals surface area contributed by atoms with Crippen LogP contribution in [0.15, 0.2) is 35.2 Å². The van der Waals surface area contributed by atoms with E-state index >= 15 is 0 Å². The SMILES string of the molecule is CCCCCCCCCCc1cccc2c(S(=O)(=O)O)ccc(CCCCCCCCCC)c12. The van der Waals surface area contributed by atoms with E-state index in [1.807, 2.05) is 18.2 Å². The third kappa shape index (κ3) is 10.1. The maximum absolute atomic E-state index is 12.0. The molecule has 2 aromatic carbocycles. The number of fused-ring (bicyclic) bond motifs is 1. The van der Waals surface area contributed by atoms with Crippen LogP contribution in [-0.4, -0.2) is 13.0 Å². The van der Waals surface area contributed by atoms with E-state index in [2.05, 4.69) is 19.9 Å². The van der Waals surface area contributed by atoms with Crippen molar-refractivity contribution in [2.24, 2.45) is 0 Å². The number of hydrogen-bond acceptors (Lipinski definition) is 2. The largest absolute Gasteiger partial charge is 0.295 e. The van der Waals surface area contributed by atoms with Gasteiger partial charge in [-0.3, -0.25) is 4.55 Å². The molecular formula is C30H48O3S. The Morgan fingerprint density at radius 1 is 0.588 bits per heavy atom. The number of hydrogen-bond donors (Lipinski definition) is 1. The van der Waals surface area contributed by atoms with Crippen molar-refractivity contribution in [2.45, 2.75) is 134 Å². The van der Waals surface area contributed by atoms with Crippen LogP contribution in [0.5, 0.6) is 0 Å². The van der Waals surface area contributed by atoms with Crippen molar-refractivity contribution in [2.75, 3.05) is 0 Å². The van der Waals surface area contributed by atoms with Crippen LogP contribution >= 0.6 is 0 Å². The molecule has 0 aliphatic carbocycles. The molecule has 3 nitrogen and oxygen atoms in total. The van der Waals surface area contributed by atoms with Gasteiger partial charge in [-0.05, 0) is 48.3 Å². The van der Waals surface area contributed by atoms with Crippen molar-refractivity contribution in [1.29, 1.82) is 0 Å². The molecule has 34 heavy (non-hydrogen) atoms. The lowest BCUT2D eigenvalue weighted by Crippen LogP contribution is -2.02. The van der Waals surface area contributed by atoms with Crippen LogP contribution in [0, 0.1) is 0 Å². The van der Waals surface area contributed by atoms with Gasteiger partial charge in [-0.25, -0.2) is 0 Å². The van der Waals surface area contributed by atoms with Crippen LogP contribution in [0.3, 0.4) is 0 Å². The van der Waals surface area contributed by atoms with Gasteiger partial charge in [0, 0.05) is 5.39 Å². The molecule has 0 radical (unpaired) electrons. The highest BCUT2D eigenvalue weighted by Crippen LogP contribution is 2.31. The molecule has 0 heterocycles. The average molecular weight is 489 g/mol. The fourth-order valence-electron chi connectivity index (χ4n) is 5.07. The lowest BCUT2D eigenvalue weighted by Gasteiger charge is -2.14. The average Bonchev–Trinajstić information content (AvgIpc) is 2.81. The Labute approximate surface area is 209 Å². The van der Waals surface area contributed by atoms with Gasteiger partial charge >= 0.3 is 0 Å². The van der Waals surface area contributed by atoms with E-state index in [0.29, 0.717) is 5.39 Å². The molecule has 2 aromatic rings. The normalized spacial score (nSPS) is 12.0. The van der Waals surface area contributed by atoms with Crippen molar-refractivity contribution in [3.05, 3.63) is 41.5 Å². The topological polar surface area (TPSA) is 54.4 Å². The summed E-state index contributed by atoms with van der Waals surface area (Å²) < 4.78 is 33.9. The van der Waals surface area contributed by atoms with Gasteiger partial charge in [0.25, 0.3) is 10.1 Å². The Bertz CT molecular complexity index is 907. The van der Waals surface area contributed by atoms with E-state index in [1.54, 1.807) is 6.07 Å². The second-order valence-corrected chi connectivity index (χ2v) is 11.4. The molecule has 0 aliphatic heterocycles. The van der Waals surface area contributed by atoms with Gasteiger partial charge in [0.05, 0.1) is 0 Å². The molecule has 0 amide bonds. The highest BCUT2D eigenvalue weighted by atomic mass is 32.2. The minimum Gasteiger partial charge on any atom is -0.282 e. The molecule has 2 rings (SSSR count). The minimum absolute atomic E-state index is 0.0416. The van der Waals surface area contributed by atoms with Crippen LogP contribution in [0.25, 0.3) is 10.8 Å². The molecule has 0 spiro atoms. The summed E-state index contributed by atoms with van der Waals surface area (Å²) in [5.41, 5.74) is 2.45. The smallest absolute Gasteiger partial charge is 0.282 e. The van der Waals surface area contributed by atoms with Crippen molar-refractivity contribution in [3.63, 3.8) is 0 Å². The summed E-state index contributed by atoms with van der Waals surface area (Å²) >= 11 is 0. The van der Waals surface area contributed by atoms with E-state index in [4.69, 9.17) is 0 Å². The first-order valence-electron chi connectivity index (χ1n) is 14.0. The van der Waals surface area contributed by atoms with Crippen LogP contribution in [-0.2, 0) is 23.0 Å². The third-order valence-electron chi connectivity index (χ3n) is 7.05. The van der Waals surface area contributed by atoms with Gasteiger partial charge in [-0.1, -0.05) is 128 Å². The summed E-state index contributed by atoms with van der Waals surface area (Å²) in [7, 11) is -4.24. The molecule has 0 fully saturated rings. The number of aryl methyl sites for hydroxylation is 2. The van der Waals surface area contributed by atoms with Gasteiger partial charge in [0.2, 0.25) is 0 Å². The monoisotopic (exact) mass is 488 g/mol. The van der Waals surface area contributed by atoms with Crippen LogP contribution in [0.1, 0.15) is 128 Å². The Kier molecular flexibility index (Phi) is 13.8. The first kappa shape index (κ1) is 28.8. The molecule has 4 heteroatoms. The third-order valence-corrected chi connectivity index (χ3v) is 7.96. The zero-order valence-electron chi connectivity index (χ0n) is 21.8. The van der Waals surface area contributed by atoms with E-state index in [0.717, 1.165) is 31.1 Å². The zero-order chi connectivity index (χ0) is 24.7.